The fraction of sp³-hybridized carbons (Fsp3) is 0.286. The molecule has 0 unspecified atom stereocenters. The second kappa shape index (κ2) is 5.93. The summed E-state index contributed by atoms with van der Waals surface area (Å²) < 4.78 is 13.0. The Kier molecular flexibility index (Phi) is 4.27. The summed E-state index contributed by atoms with van der Waals surface area (Å²) in [5, 5.41) is 2.93. The Hall–Kier alpha value is -1.75. The molecule has 1 amide bonds. The topological polar surface area (TPSA) is 33.2 Å². The summed E-state index contributed by atoms with van der Waals surface area (Å²) in [6, 6.07) is 4.23. The highest BCUT2D eigenvalue weighted by molar-refractivity contribution is 7.09. The van der Waals surface area contributed by atoms with Crippen LogP contribution in [0.5, 0.6) is 0 Å². The van der Waals surface area contributed by atoms with Gasteiger partial charge in [-0.2, -0.15) is 0 Å². The van der Waals surface area contributed by atoms with Crippen molar-refractivity contribution in [2.75, 3.05) is 13.6 Å². The van der Waals surface area contributed by atoms with Gasteiger partial charge >= 0.3 is 0 Å². The minimum Gasteiger partial charge on any atom is -0.341 e. The molecule has 0 N–H and O–H groups in total. The molecule has 2 rings (SSSR count). The molecule has 0 fully saturated rings. The van der Waals surface area contributed by atoms with Crippen molar-refractivity contribution in [2.45, 2.75) is 13.3 Å². The van der Waals surface area contributed by atoms with E-state index in [1.807, 2.05) is 5.38 Å². The van der Waals surface area contributed by atoms with Crippen LogP contribution in [0.25, 0.3) is 0 Å². The third kappa shape index (κ3) is 3.38. The van der Waals surface area contributed by atoms with Gasteiger partial charge in [-0.15, -0.1) is 11.3 Å². The number of rotatable bonds is 4. The monoisotopic (exact) mass is 278 g/mol. The molecular weight excluding hydrogens is 263 g/mol. The van der Waals surface area contributed by atoms with E-state index in [1.54, 1.807) is 36.4 Å². The average Bonchev–Trinajstić information content (AvgIpc) is 2.88. The number of aromatic nitrogens is 1. The van der Waals surface area contributed by atoms with Crippen LogP contribution in [0.3, 0.4) is 0 Å². The smallest absolute Gasteiger partial charge is 0.253 e. The largest absolute Gasteiger partial charge is 0.341 e. The number of hydrogen-bond acceptors (Lipinski definition) is 3. The van der Waals surface area contributed by atoms with Gasteiger partial charge in [0.1, 0.15) is 5.82 Å². The van der Waals surface area contributed by atoms with Crippen LogP contribution < -0.4 is 0 Å². The molecule has 5 heteroatoms. The maximum absolute atomic E-state index is 13.0. The lowest BCUT2D eigenvalue weighted by Crippen LogP contribution is -2.29. The molecule has 0 radical (unpaired) electrons. The second-order valence-electron chi connectivity index (χ2n) is 4.36. The number of benzene rings is 1. The second-order valence-corrected chi connectivity index (χ2v) is 5.34. The molecule has 0 aliphatic carbocycles. The number of carbonyl (C=O) groups is 1. The quantitative estimate of drug-likeness (QED) is 0.861. The highest BCUT2D eigenvalue weighted by atomic mass is 32.1. The van der Waals surface area contributed by atoms with Crippen LogP contribution in [-0.2, 0) is 6.42 Å². The van der Waals surface area contributed by atoms with E-state index in [0.29, 0.717) is 17.7 Å². The van der Waals surface area contributed by atoms with Gasteiger partial charge in [0, 0.05) is 37.2 Å². The Balaban J connectivity index is 2.02. The molecule has 0 bridgehead atoms. The van der Waals surface area contributed by atoms with Crippen LogP contribution in [0.2, 0.25) is 0 Å². The number of hydrogen-bond donors (Lipinski definition) is 0. The van der Waals surface area contributed by atoms with Crippen LogP contribution in [-0.4, -0.2) is 29.4 Å². The maximum Gasteiger partial charge on any atom is 0.253 e. The van der Waals surface area contributed by atoms with Gasteiger partial charge in [0.15, 0.2) is 0 Å². The summed E-state index contributed by atoms with van der Waals surface area (Å²) in [5.74, 6) is -0.409. The summed E-state index contributed by atoms with van der Waals surface area (Å²) in [6.07, 6.45) is 2.49. The summed E-state index contributed by atoms with van der Waals surface area (Å²) in [7, 11) is 1.75. The molecule has 0 spiro atoms. The zero-order chi connectivity index (χ0) is 13.8. The Morgan fingerprint density at radius 1 is 1.47 bits per heavy atom. The number of carbonyl (C=O) groups excluding carboxylic acids is 1. The molecular formula is C14H15FN2OS. The molecule has 1 aromatic carbocycles. The van der Waals surface area contributed by atoms with Crippen molar-refractivity contribution in [3.05, 3.63) is 51.7 Å². The minimum atomic E-state index is -0.320. The average molecular weight is 278 g/mol. The highest BCUT2D eigenvalue weighted by Crippen LogP contribution is 2.13. The number of thiazole rings is 1. The van der Waals surface area contributed by atoms with Gasteiger partial charge in [-0.25, -0.2) is 9.37 Å². The lowest BCUT2D eigenvalue weighted by molar-refractivity contribution is 0.0796. The van der Waals surface area contributed by atoms with Crippen molar-refractivity contribution in [1.82, 2.24) is 9.88 Å². The predicted molar refractivity (Wildman–Crippen MR) is 73.9 cm³/mol. The van der Waals surface area contributed by atoms with Crippen LogP contribution >= 0.6 is 11.3 Å². The third-order valence-corrected chi connectivity index (χ3v) is 3.75. The standard InChI is InChI=1S/C14H15FN2OS/c1-10-9-11(15)3-4-12(10)14(18)17(2)7-5-13-16-6-8-19-13/h3-4,6,8-9H,5,7H2,1-2H3. The predicted octanol–water partition coefficient (Wildman–Crippen LogP) is 2.91. The van der Waals surface area contributed by atoms with Gasteiger partial charge in [-0.1, -0.05) is 0 Å². The number of amides is 1. The first kappa shape index (κ1) is 13.7. The molecule has 0 atom stereocenters. The number of halogens is 1. The van der Waals surface area contributed by atoms with Crippen molar-refractivity contribution >= 4 is 17.2 Å². The Morgan fingerprint density at radius 3 is 2.89 bits per heavy atom. The molecule has 0 aliphatic heterocycles. The van der Waals surface area contributed by atoms with Gasteiger partial charge in [-0.05, 0) is 30.7 Å². The molecule has 1 aromatic heterocycles. The first-order valence-electron chi connectivity index (χ1n) is 5.98. The molecule has 0 saturated heterocycles. The lowest BCUT2D eigenvalue weighted by atomic mass is 10.1. The summed E-state index contributed by atoms with van der Waals surface area (Å²) >= 11 is 1.58. The van der Waals surface area contributed by atoms with Gasteiger partial charge in [0.25, 0.3) is 5.91 Å². The normalized spacial score (nSPS) is 10.5. The Morgan fingerprint density at radius 2 is 2.26 bits per heavy atom. The SMILES string of the molecule is Cc1cc(F)ccc1C(=O)N(C)CCc1nccs1. The van der Waals surface area contributed by atoms with Gasteiger partial charge < -0.3 is 4.90 Å². The molecule has 1 heterocycles. The third-order valence-electron chi connectivity index (χ3n) is 2.91. The maximum atomic E-state index is 13.0. The first-order valence-corrected chi connectivity index (χ1v) is 6.86. The first-order chi connectivity index (χ1) is 9.08. The van der Waals surface area contributed by atoms with Crippen LogP contribution in [0.4, 0.5) is 4.39 Å². The zero-order valence-electron chi connectivity index (χ0n) is 10.9. The number of aryl methyl sites for hydroxylation is 1. The molecule has 3 nitrogen and oxygen atoms in total. The van der Waals surface area contributed by atoms with Gasteiger partial charge in [0.2, 0.25) is 0 Å². The fourth-order valence-corrected chi connectivity index (χ4v) is 2.42. The van der Waals surface area contributed by atoms with Crippen LogP contribution in [0, 0.1) is 12.7 Å². The van der Waals surface area contributed by atoms with Crippen molar-refractivity contribution in [3.8, 4) is 0 Å². The molecule has 2 aromatic rings. The van der Waals surface area contributed by atoms with E-state index in [2.05, 4.69) is 4.98 Å². The van der Waals surface area contributed by atoms with Crippen molar-refractivity contribution in [1.29, 1.82) is 0 Å². The van der Waals surface area contributed by atoms with Crippen molar-refractivity contribution in [3.63, 3.8) is 0 Å². The van der Waals surface area contributed by atoms with E-state index in [4.69, 9.17) is 0 Å². The summed E-state index contributed by atoms with van der Waals surface area (Å²) in [5.41, 5.74) is 1.20. The van der Waals surface area contributed by atoms with Gasteiger partial charge in [0.05, 0.1) is 5.01 Å². The Labute approximate surface area is 115 Å². The van der Waals surface area contributed by atoms with E-state index in [9.17, 15) is 9.18 Å². The van der Waals surface area contributed by atoms with E-state index < -0.39 is 0 Å². The van der Waals surface area contributed by atoms with E-state index in [0.717, 1.165) is 11.4 Å². The summed E-state index contributed by atoms with van der Waals surface area (Å²) in [6.45, 7) is 2.34. The van der Waals surface area contributed by atoms with Crippen LogP contribution in [0.1, 0.15) is 20.9 Å². The highest BCUT2D eigenvalue weighted by Gasteiger charge is 2.14. The number of likely N-dealkylation sites (N-methyl/N-ethyl adjacent to an activating group) is 1. The fourth-order valence-electron chi connectivity index (χ4n) is 1.81. The van der Waals surface area contributed by atoms with E-state index in [1.165, 1.54) is 18.2 Å². The molecule has 100 valence electrons. The number of nitrogens with zero attached hydrogens (tertiary/aromatic N) is 2. The van der Waals surface area contributed by atoms with E-state index in [-0.39, 0.29) is 11.7 Å². The van der Waals surface area contributed by atoms with Crippen molar-refractivity contribution in [2.24, 2.45) is 0 Å². The van der Waals surface area contributed by atoms with E-state index >= 15 is 0 Å². The van der Waals surface area contributed by atoms with Gasteiger partial charge in [-0.3, -0.25) is 4.79 Å². The molecule has 0 aliphatic rings. The minimum absolute atomic E-state index is 0.0888. The van der Waals surface area contributed by atoms with Crippen molar-refractivity contribution < 1.29 is 9.18 Å². The summed E-state index contributed by atoms with van der Waals surface area (Å²) in [4.78, 5) is 18.0. The van der Waals surface area contributed by atoms with Crippen LogP contribution in [0.15, 0.2) is 29.8 Å². The Bertz CT molecular complexity index is 569. The lowest BCUT2D eigenvalue weighted by Gasteiger charge is -2.17. The molecule has 19 heavy (non-hydrogen) atoms. The molecule has 0 saturated carbocycles. The zero-order valence-corrected chi connectivity index (χ0v) is 11.7.